The molecule has 1 N–H and O–H groups in total. The SMILES string of the molecule is C.c1cn2ccc(C3CCNCC3)cc2n1. The summed E-state index contributed by atoms with van der Waals surface area (Å²) in [6.07, 6.45) is 8.44. The standard InChI is InChI=1S/C12H15N3.CH4/c1-4-13-5-2-10(1)11-3-7-15-8-6-14-12(15)9-11;/h3,6-10,13H,1-2,4-5H2;1H4. The first-order valence-corrected chi connectivity index (χ1v) is 5.57. The predicted molar refractivity (Wildman–Crippen MR) is 66.8 cm³/mol. The average Bonchev–Trinajstić information content (AvgIpc) is 2.77. The van der Waals surface area contributed by atoms with Gasteiger partial charge in [0, 0.05) is 18.6 Å². The van der Waals surface area contributed by atoms with Gasteiger partial charge in [-0.05, 0) is 49.5 Å². The first-order valence-electron chi connectivity index (χ1n) is 5.57. The third kappa shape index (κ3) is 1.95. The van der Waals surface area contributed by atoms with E-state index in [2.05, 4.69) is 33.0 Å². The second-order valence-electron chi connectivity index (χ2n) is 4.18. The summed E-state index contributed by atoms with van der Waals surface area (Å²) in [6.45, 7) is 2.29. The molecule has 0 amide bonds. The minimum Gasteiger partial charge on any atom is -0.317 e. The van der Waals surface area contributed by atoms with E-state index in [0.717, 1.165) is 18.7 Å². The molecule has 0 radical (unpaired) electrons. The van der Waals surface area contributed by atoms with Crippen molar-refractivity contribution in [1.82, 2.24) is 14.7 Å². The second kappa shape index (κ2) is 4.66. The Hall–Kier alpha value is -1.35. The van der Waals surface area contributed by atoms with Crippen molar-refractivity contribution in [1.29, 1.82) is 0 Å². The third-order valence-electron chi connectivity index (χ3n) is 3.23. The van der Waals surface area contributed by atoms with Crippen LogP contribution < -0.4 is 5.32 Å². The largest absolute Gasteiger partial charge is 0.317 e. The molecule has 1 aliphatic heterocycles. The van der Waals surface area contributed by atoms with Crippen LogP contribution in [0.25, 0.3) is 5.65 Å². The summed E-state index contributed by atoms with van der Waals surface area (Å²) in [5, 5.41) is 3.40. The lowest BCUT2D eigenvalue weighted by atomic mass is 9.91. The summed E-state index contributed by atoms with van der Waals surface area (Å²) >= 11 is 0. The normalized spacial score (nSPS) is 17.2. The summed E-state index contributed by atoms with van der Waals surface area (Å²) < 4.78 is 2.06. The topological polar surface area (TPSA) is 29.3 Å². The highest BCUT2D eigenvalue weighted by molar-refractivity contribution is 5.42. The van der Waals surface area contributed by atoms with E-state index in [1.807, 2.05) is 12.4 Å². The van der Waals surface area contributed by atoms with Crippen molar-refractivity contribution in [2.75, 3.05) is 13.1 Å². The fourth-order valence-corrected chi connectivity index (χ4v) is 2.34. The van der Waals surface area contributed by atoms with Crippen LogP contribution in [0.2, 0.25) is 0 Å². The molecule has 0 unspecified atom stereocenters. The summed E-state index contributed by atoms with van der Waals surface area (Å²) in [5.41, 5.74) is 2.50. The smallest absolute Gasteiger partial charge is 0.136 e. The number of piperidine rings is 1. The monoisotopic (exact) mass is 217 g/mol. The number of imidazole rings is 1. The number of fused-ring (bicyclic) bond motifs is 1. The second-order valence-corrected chi connectivity index (χ2v) is 4.18. The Morgan fingerprint density at radius 2 is 2.06 bits per heavy atom. The van der Waals surface area contributed by atoms with Crippen molar-refractivity contribution >= 4 is 5.65 Å². The lowest BCUT2D eigenvalue weighted by molar-refractivity contribution is 0.460. The van der Waals surface area contributed by atoms with E-state index >= 15 is 0 Å². The minimum absolute atomic E-state index is 0. The van der Waals surface area contributed by atoms with E-state index in [4.69, 9.17) is 0 Å². The van der Waals surface area contributed by atoms with E-state index < -0.39 is 0 Å². The van der Waals surface area contributed by atoms with Gasteiger partial charge in [0.15, 0.2) is 0 Å². The van der Waals surface area contributed by atoms with E-state index in [0.29, 0.717) is 5.92 Å². The first kappa shape index (κ1) is 11.1. The van der Waals surface area contributed by atoms with Gasteiger partial charge in [0.2, 0.25) is 0 Å². The van der Waals surface area contributed by atoms with Crippen LogP contribution >= 0.6 is 0 Å². The quantitative estimate of drug-likeness (QED) is 0.795. The van der Waals surface area contributed by atoms with Gasteiger partial charge in [-0.15, -0.1) is 0 Å². The summed E-state index contributed by atoms with van der Waals surface area (Å²) in [6, 6.07) is 4.45. The number of pyridine rings is 1. The van der Waals surface area contributed by atoms with Gasteiger partial charge in [0.05, 0.1) is 0 Å². The van der Waals surface area contributed by atoms with Crippen LogP contribution in [0.15, 0.2) is 30.7 Å². The number of hydrogen-bond donors (Lipinski definition) is 1. The molecule has 0 bridgehead atoms. The molecule has 2 aromatic heterocycles. The molecule has 0 aliphatic carbocycles. The molecular formula is C13H19N3. The van der Waals surface area contributed by atoms with Gasteiger partial charge in [-0.1, -0.05) is 7.43 Å². The number of hydrogen-bond acceptors (Lipinski definition) is 2. The van der Waals surface area contributed by atoms with Gasteiger partial charge < -0.3 is 9.72 Å². The molecule has 3 nitrogen and oxygen atoms in total. The van der Waals surface area contributed by atoms with Crippen molar-refractivity contribution < 1.29 is 0 Å². The highest BCUT2D eigenvalue weighted by Crippen LogP contribution is 2.25. The van der Waals surface area contributed by atoms with Gasteiger partial charge in [0.1, 0.15) is 5.65 Å². The molecule has 3 heteroatoms. The van der Waals surface area contributed by atoms with Crippen molar-refractivity contribution in [3.8, 4) is 0 Å². The van der Waals surface area contributed by atoms with Crippen LogP contribution in [0.3, 0.4) is 0 Å². The molecule has 1 saturated heterocycles. The maximum absolute atomic E-state index is 4.32. The number of aromatic nitrogens is 2. The maximum atomic E-state index is 4.32. The van der Waals surface area contributed by atoms with Crippen LogP contribution in [-0.4, -0.2) is 22.5 Å². The molecule has 0 atom stereocenters. The number of nitrogens with zero attached hydrogens (tertiary/aromatic N) is 2. The molecule has 1 aliphatic rings. The lowest BCUT2D eigenvalue weighted by Crippen LogP contribution is -2.26. The lowest BCUT2D eigenvalue weighted by Gasteiger charge is -2.22. The zero-order chi connectivity index (χ0) is 10.1. The van der Waals surface area contributed by atoms with E-state index in [1.165, 1.54) is 18.4 Å². The van der Waals surface area contributed by atoms with Crippen LogP contribution in [0.4, 0.5) is 0 Å². The number of rotatable bonds is 1. The molecule has 0 aromatic carbocycles. The van der Waals surface area contributed by atoms with Crippen LogP contribution in [0.1, 0.15) is 31.7 Å². The summed E-state index contributed by atoms with van der Waals surface area (Å²) in [4.78, 5) is 4.32. The Labute approximate surface area is 96.5 Å². The number of nitrogens with one attached hydrogen (secondary N) is 1. The van der Waals surface area contributed by atoms with E-state index in [-0.39, 0.29) is 7.43 Å². The molecule has 16 heavy (non-hydrogen) atoms. The fourth-order valence-electron chi connectivity index (χ4n) is 2.34. The van der Waals surface area contributed by atoms with Gasteiger partial charge in [-0.2, -0.15) is 0 Å². The molecule has 3 rings (SSSR count). The average molecular weight is 217 g/mol. The Bertz CT molecular complexity index is 455. The van der Waals surface area contributed by atoms with Gasteiger partial charge in [-0.25, -0.2) is 4.98 Å². The minimum atomic E-state index is 0. The summed E-state index contributed by atoms with van der Waals surface area (Å²) in [7, 11) is 0. The molecule has 86 valence electrons. The Balaban J connectivity index is 0.000000963. The molecule has 0 saturated carbocycles. The van der Waals surface area contributed by atoms with Crippen LogP contribution in [-0.2, 0) is 0 Å². The van der Waals surface area contributed by atoms with Crippen molar-refractivity contribution in [2.45, 2.75) is 26.2 Å². The van der Waals surface area contributed by atoms with Gasteiger partial charge in [0.25, 0.3) is 0 Å². The van der Waals surface area contributed by atoms with Crippen molar-refractivity contribution in [2.24, 2.45) is 0 Å². The highest BCUT2D eigenvalue weighted by atomic mass is 15.0. The Morgan fingerprint density at radius 3 is 2.88 bits per heavy atom. The first-order chi connectivity index (χ1) is 7.43. The third-order valence-corrected chi connectivity index (χ3v) is 3.23. The molecule has 3 heterocycles. The van der Waals surface area contributed by atoms with Crippen molar-refractivity contribution in [3.63, 3.8) is 0 Å². The zero-order valence-corrected chi connectivity index (χ0v) is 8.69. The Morgan fingerprint density at radius 1 is 1.25 bits per heavy atom. The molecule has 0 spiro atoms. The molecular weight excluding hydrogens is 198 g/mol. The highest BCUT2D eigenvalue weighted by Gasteiger charge is 2.15. The van der Waals surface area contributed by atoms with Crippen LogP contribution in [0, 0.1) is 0 Å². The fraction of sp³-hybridized carbons (Fsp3) is 0.462. The van der Waals surface area contributed by atoms with E-state index in [9.17, 15) is 0 Å². The van der Waals surface area contributed by atoms with Gasteiger partial charge in [-0.3, -0.25) is 0 Å². The predicted octanol–water partition coefficient (Wildman–Crippen LogP) is 2.44. The summed E-state index contributed by atoms with van der Waals surface area (Å²) in [5.74, 6) is 0.716. The van der Waals surface area contributed by atoms with E-state index in [1.54, 1.807) is 0 Å². The zero-order valence-electron chi connectivity index (χ0n) is 8.69. The van der Waals surface area contributed by atoms with Gasteiger partial charge >= 0.3 is 0 Å². The molecule has 1 fully saturated rings. The molecule has 2 aromatic rings. The maximum Gasteiger partial charge on any atom is 0.136 e. The van der Waals surface area contributed by atoms with Crippen LogP contribution in [0.5, 0.6) is 0 Å². The Kier molecular flexibility index (Phi) is 3.25. The van der Waals surface area contributed by atoms with Crippen molar-refractivity contribution in [3.05, 3.63) is 36.3 Å².